The molecule has 1 rings (SSSR count). The molecule has 0 heterocycles. The molecule has 0 aliphatic carbocycles. The van der Waals surface area contributed by atoms with Crippen molar-refractivity contribution in [2.75, 3.05) is 7.11 Å². The third-order valence-corrected chi connectivity index (χ3v) is 2.90. The van der Waals surface area contributed by atoms with Gasteiger partial charge < -0.3 is 10.5 Å². The van der Waals surface area contributed by atoms with Crippen LogP contribution in [0.15, 0.2) is 18.2 Å². The molecular weight excluding hydrogens is 205 g/mol. The summed E-state index contributed by atoms with van der Waals surface area (Å²) >= 11 is 0. The van der Waals surface area contributed by atoms with Gasteiger partial charge in [0, 0.05) is 13.2 Å². The second kappa shape index (κ2) is 4.93. The summed E-state index contributed by atoms with van der Waals surface area (Å²) in [6.45, 7) is 5.89. The van der Waals surface area contributed by atoms with Crippen molar-refractivity contribution in [2.45, 2.75) is 38.8 Å². The van der Waals surface area contributed by atoms with Gasteiger partial charge in [-0.25, -0.2) is 4.39 Å². The van der Waals surface area contributed by atoms with Crippen LogP contribution in [0.25, 0.3) is 0 Å². The number of aryl methyl sites for hydroxylation is 1. The van der Waals surface area contributed by atoms with Crippen LogP contribution in [0.2, 0.25) is 0 Å². The lowest BCUT2D eigenvalue weighted by atomic mass is 9.92. The van der Waals surface area contributed by atoms with E-state index in [1.165, 1.54) is 12.1 Å². The average Bonchev–Trinajstić information content (AvgIpc) is 2.21. The van der Waals surface area contributed by atoms with Crippen molar-refractivity contribution < 1.29 is 9.13 Å². The first-order valence-corrected chi connectivity index (χ1v) is 5.42. The van der Waals surface area contributed by atoms with Crippen LogP contribution in [0.4, 0.5) is 4.39 Å². The zero-order valence-electron chi connectivity index (χ0n) is 10.4. The van der Waals surface area contributed by atoms with Crippen LogP contribution in [0.5, 0.6) is 0 Å². The van der Waals surface area contributed by atoms with Gasteiger partial charge in [-0.2, -0.15) is 0 Å². The Morgan fingerprint density at radius 3 is 2.62 bits per heavy atom. The van der Waals surface area contributed by atoms with Gasteiger partial charge in [0.2, 0.25) is 0 Å². The molecule has 0 saturated carbocycles. The maximum atomic E-state index is 13.1. The van der Waals surface area contributed by atoms with E-state index >= 15 is 0 Å². The highest BCUT2D eigenvalue weighted by molar-refractivity contribution is 5.29. The fourth-order valence-electron chi connectivity index (χ4n) is 1.73. The molecule has 0 aliphatic rings. The zero-order chi connectivity index (χ0) is 12.3. The van der Waals surface area contributed by atoms with Crippen LogP contribution in [-0.4, -0.2) is 12.7 Å². The second-order valence-corrected chi connectivity index (χ2v) is 4.78. The quantitative estimate of drug-likeness (QED) is 0.855. The van der Waals surface area contributed by atoms with Crippen LogP contribution in [-0.2, 0) is 4.74 Å². The number of halogens is 1. The van der Waals surface area contributed by atoms with E-state index in [1.54, 1.807) is 13.2 Å². The van der Waals surface area contributed by atoms with Crippen LogP contribution < -0.4 is 5.73 Å². The Hall–Kier alpha value is -0.930. The highest BCUT2D eigenvalue weighted by Gasteiger charge is 2.22. The number of hydrogen-bond acceptors (Lipinski definition) is 2. The van der Waals surface area contributed by atoms with Crippen LogP contribution >= 0.6 is 0 Å². The molecule has 0 aliphatic heterocycles. The largest absolute Gasteiger partial charge is 0.379 e. The smallest absolute Gasteiger partial charge is 0.123 e. The van der Waals surface area contributed by atoms with E-state index in [0.29, 0.717) is 6.42 Å². The molecule has 16 heavy (non-hydrogen) atoms. The molecule has 0 fully saturated rings. The zero-order valence-corrected chi connectivity index (χ0v) is 10.4. The van der Waals surface area contributed by atoms with Crippen LogP contribution in [0.3, 0.4) is 0 Å². The first-order valence-electron chi connectivity index (χ1n) is 5.42. The Balaban J connectivity index is 2.88. The Morgan fingerprint density at radius 1 is 1.44 bits per heavy atom. The van der Waals surface area contributed by atoms with Gasteiger partial charge in [-0.1, -0.05) is 6.07 Å². The lowest BCUT2D eigenvalue weighted by Gasteiger charge is -2.27. The number of ether oxygens (including phenoxy) is 1. The van der Waals surface area contributed by atoms with Gasteiger partial charge in [0.15, 0.2) is 0 Å². The Morgan fingerprint density at radius 2 is 2.06 bits per heavy atom. The number of benzene rings is 1. The molecule has 0 saturated heterocycles. The predicted octanol–water partition coefficient (Wildman–Crippen LogP) is 2.95. The minimum atomic E-state index is -0.293. The summed E-state index contributed by atoms with van der Waals surface area (Å²) in [4.78, 5) is 0. The average molecular weight is 225 g/mol. The van der Waals surface area contributed by atoms with Gasteiger partial charge in [0.25, 0.3) is 0 Å². The van der Waals surface area contributed by atoms with Gasteiger partial charge in [-0.15, -0.1) is 0 Å². The van der Waals surface area contributed by atoms with Crippen molar-refractivity contribution in [2.24, 2.45) is 5.73 Å². The summed E-state index contributed by atoms with van der Waals surface area (Å²) < 4.78 is 18.5. The topological polar surface area (TPSA) is 35.2 Å². The Kier molecular flexibility index (Phi) is 4.05. The number of hydrogen-bond donors (Lipinski definition) is 1. The van der Waals surface area contributed by atoms with Crippen molar-refractivity contribution in [1.29, 1.82) is 0 Å². The SMILES string of the molecule is COC(C)(C)CC(N)c1cc(F)ccc1C. The molecule has 0 aromatic heterocycles. The first-order chi connectivity index (χ1) is 7.35. The van der Waals surface area contributed by atoms with Gasteiger partial charge in [0.05, 0.1) is 5.60 Å². The summed E-state index contributed by atoms with van der Waals surface area (Å²) in [5, 5.41) is 0. The lowest BCUT2D eigenvalue weighted by Crippen LogP contribution is -2.29. The molecule has 1 aromatic carbocycles. The van der Waals surface area contributed by atoms with E-state index < -0.39 is 0 Å². The van der Waals surface area contributed by atoms with Crippen LogP contribution in [0.1, 0.15) is 37.4 Å². The van der Waals surface area contributed by atoms with Crippen molar-refractivity contribution in [3.05, 3.63) is 35.1 Å². The van der Waals surface area contributed by atoms with Crippen molar-refractivity contribution in [3.63, 3.8) is 0 Å². The molecule has 1 atom stereocenters. The highest BCUT2D eigenvalue weighted by atomic mass is 19.1. The van der Waals surface area contributed by atoms with Crippen molar-refractivity contribution in [1.82, 2.24) is 0 Å². The van der Waals surface area contributed by atoms with Crippen molar-refractivity contribution in [3.8, 4) is 0 Å². The molecule has 0 amide bonds. The normalized spacial score (nSPS) is 13.9. The van der Waals surface area contributed by atoms with Gasteiger partial charge in [-0.3, -0.25) is 0 Å². The van der Waals surface area contributed by atoms with E-state index in [2.05, 4.69) is 0 Å². The predicted molar refractivity (Wildman–Crippen MR) is 63.8 cm³/mol. The minimum absolute atomic E-state index is 0.203. The molecule has 1 unspecified atom stereocenters. The molecular formula is C13H20FNO. The maximum Gasteiger partial charge on any atom is 0.123 e. The standard InChI is InChI=1S/C13H20FNO/c1-9-5-6-10(14)7-11(9)12(15)8-13(2,3)16-4/h5-7,12H,8,15H2,1-4H3. The molecule has 2 nitrogen and oxygen atoms in total. The van der Waals surface area contributed by atoms with Crippen LogP contribution in [0, 0.1) is 12.7 Å². The summed E-state index contributed by atoms with van der Waals surface area (Å²) in [5.41, 5.74) is 7.65. The van der Waals surface area contributed by atoms with E-state index in [4.69, 9.17) is 10.5 Å². The number of methoxy groups -OCH3 is 1. The number of rotatable bonds is 4. The fraction of sp³-hybridized carbons (Fsp3) is 0.538. The molecule has 0 bridgehead atoms. The van der Waals surface area contributed by atoms with Gasteiger partial charge >= 0.3 is 0 Å². The lowest BCUT2D eigenvalue weighted by molar-refractivity contribution is 0.00990. The minimum Gasteiger partial charge on any atom is -0.379 e. The molecule has 90 valence electrons. The molecule has 2 N–H and O–H groups in total. The second-order valence-electron chi connectivity index (χ2n) is 4.78. The maximum absolute atomic E-state index is 13.1. The number of nitrogens with two attached hydrogens (primary N) is 1. The van der Waals surface area contributed by atoms with Gasteiger partial charge in [-0.05, 0) is 50.5 Å². The van der Waals surface area contributed by atoms with E-state index in [-0.39, 0.29) is 17.5 Å². The third-order valence-electron chi connectivity index (χ3n) is 2.90. The van der Waals surface area contributed by atoms with Gasteiger partial charge in [0.1, 0.15) is 5.82 Å². The Bertz CT molecular complexity index is 363. The van der Waals surface area contributed by atoms with E-state index in [1.807, 2.05) is 20.8 Å². The fourth-order valence-corrected chi connectivity index (χ4v) is 1.73. The summed E-state index contributed by atoms with van der Waals surface area (Å²) in [7, 11) is 1.66. The summed E-state index contributed by atoms with van der Waals surface area (Å²) in [5.74, 6) is -0.244. The summed E-state index contributed by atoms with van der Waals surface area (Å²) in [6, 6.07) is 4.51. The Labute approximate surface area is 96.6 Å². The summed E-state index contributed by atoms with van der Waals surface area (Å²) in [6.07, 6.45) is 0.661. The molecule has 0 radical (unpaired) electrons. The van der Waals surface area contributed by atoms with E-state index in [0.717, 1.165) is 11.1 Å². The monoisotopic (exact) mass is 225 g/mol. The first kappa shape index (κ1) is 13.1. The molecule has 0 spiro atoms. The third kappa shape index (κ3) is 3.29. The molecule has 3 heteroatoms. The molecule has 1 aromatic rings. The van der Waals surface area contributed by atoms with Crippen molar-refractivity contribution >= 4 is 0 Å². The highest BCUT2D eigenvalue weighted by Crippen LogP contribution is 2.26. The van der Waals surface area contributed by atoms with E-state index in [9.17, 15) is 4.39 Å².